The lowest BCUT2D eigenvalue weighted by Crippen LogP contribution is -2.15. The van der Waals surface area contributed by atoms with Crippen LogP contribution in [0.25, 0.3) is 10.2 Å². The molecular formula is C20H17N3OS. The number of thiazole rings is 1. The van der Waals surface area contributed by atoms with Crippen LogP contribution in [0.1, 0.15) is 21.1 Å². The molecule has 0 fully saturated rings. The number of amides is 1. The topological polar surface area (TPSA) is 46.9 Å². The number of hydrogen-bond acceptors (Lipinski definition) is 3. The Bertz CT molecular complexity index is 997. The van der Waals surface area contributed by atoms with Crippen molar-refractivity contribution in [1.29, 1.82) is 0 Å². The highest BCUT2D eigenvalue weighted by molar-refractivity contribution is 7.18. The Labute approximate surface area is 149 Å². The van der Waals surface area contributed by atoms with Gasteiger partial charge in [-0.25, -0.2) is 4.98 Å². The van der Waals surface area contributed by atoms with E-state index in [0.717, 1.165) is 22.6 Å². The number of aromatic nitrogens is 2. The number of para-hydroxylation sites is 1. The number of rotatable bonds is 4. The molecule has 4 aromatic rings. The number of nitrogens with zero attached hydrogens (tertiary/aromatic N) is 2. The maximum atomic E-state index is 12.2. The van der Waals surface area contributed by atoms with Gasteiger partial charge < -0.3 is 9.88 Å². The van der Waals surface area contributed by atoms with E-state index in [4.69, 9.17) is 0 Å². The van der Waals surface area contributed by atoms with Crippen molar-refractivity contribution < 1.29 is 4.79 Å². The highest BCUT2D eigenvalue weighted by atomic mass is 32.1. The van der Waals surface area contributed by atoms with E-state index in [9.17, 15) is 4.79 Å². The second-order valence-electron chi connectivity index (χ2n) is 5.91. The van der Waals surface area contributed by atoms with Crippen LogP contribution in [-0.2, 0) is 13.5 Å². The Morgan fingerprint density at radius 2 is 1.88 bits per heavy atom. The van der Waals surface area contributed by atoms with Gasteiger partial charge in [0, 0.05) is 25.4 Å². The molecule has 1 amide bonds. The first-order chi connectivity index (χ1) is 12.2. The Balaban J connectivity index is 1.46. The van der Waals surface area contributed by atoms with Gasteiger partial charge in [-0.05, 0) is 42.0 Å². The van der Waals surface area contributed by atoms with Crippen LogP contribution in [0.15, 0.2) is 66.9 Å². The first-order valence-corrected chi connectivity index (χ1v) is 8.87. The predicted octanol–water partition coefficient (Wildman–Crippen LogP) is 4.48. The molecule has 0 aliphatic heterocycles. The van der Waals surface area contributed by atoms with Gasteiger partial charge in [0.15, 0.2) is 0 Å². The van der Waals surface area contributed by atoms with Crippen molar-refractivity contribution in [1.82, 2.24) is 9.55 Å². The van der Waals surface area contributed by atoms with Gasteiger partial charge in [-0.15, -0.1) is 11.3 Å². The molecule has 0 aliphatic carbocycles. The largest absolute Gasteiger partial charge is 0.347 e. The van der Waals surface area contributed by atoms with Crippen LogP contribution in [0.3, 0.4) is 0 Å². The van der Waals surface area contributed by atoms with E-state index in [1.54, 1.807) is 22.0 Å². The first-order valence-electron chi connectivity index (χ1n) is 8.05. The highest BCUT2D eigenvalue weighted by Gasteiger charge is 2.09. The molecule has 0 radical (unpaired) electrons. The molecule has 0 bridgehead atoms. The molecule has 2 heterocycles. The normalized spacial score (nSPS) is 10.9. The van der Waals surface area contributed by atoms with E-state index in [1.165, 1.54) is 10.3 Å². The van der Waals surface area contributed by atoms with Gasteiger partial charge in [0.05, 0.1) is 15.2 Å². The van der Waals surface area contributed by atoms with Crippen molar-refractivity contribution >= 4 is 33.1 Å². The standard InChI is InChI=1S/C20H17N3OS/c1-23-12-4-6-17(23)20(24)21-15-10-8-14(9-11-15)13-19-22-16-5-2-3-7-18(16)25-19/h2-12H,13H2,1H3,(H,21,24). The summed E-state index contributed by atoms with van der Waals surface area (Å²) in [6, 6.07) is 19.8. The third kappa shape index (κ3) is 3.32. The average molecular weight is 347 g/mol. The third-order valence-electron chi connectivity index (χ3n) is 4.08. The number of nitrogens with one attached hydrogen (secondary N) is 1. The summed E-state index contributed by atoms with van der Waals surface area (Å²) in [7, 11) is 1.86. The maximum absolute atomic E-state index is 12.2. The molecule has 25 heavy (non-hydrogen) atoms. The molecule has 0 saturated carbocycles. The lowest BCUT2D eigenvalue weighted by atomic mass is 10.1. The van der Waals surface area contributed by atoms with Crippen LogP contribution in [0.4, 0.5) is 5.69 Å². The van der Waals surface area contributed by atoms with Crippen molar-refractivity contribution in [3.63, 3.8) is 0 Å². The Morgan fingerprint density at radius 3 is 2.60 bits per heavy atom. The van der Waals surface area contributed by atoms with Gasteiger partial charge in [-0.1, -0.05) is 24.3 Å². The summed E-state index contributed by atoms with van der Waals surface area (Å²) in [5.74, 6) is -0.105. The molecule has 0 unspecified atom stereocenters. The second kappa shape index (κ2) is 6.53. The zero-order valence-corrected chi connectivity index (χ0v) is 14.6. The number of benzene rings is 2. The summed E-state index contributed by atoms with van der Waals surface area (Å²) < 4.78 is 3.01. The zero-order chi connectivity index (χ0) is 17.2. The van der Waals surface area contributed by atoms with E-state index in [-0.39, 0.29) is 5.91 Å². The van der Waals surface area contributed by atoms with Crippen LogP contribution in [-0.4, -0.2) is 15.5 Å². The third-order valence-corrected chi connectivity index (χ3v) is 5.12. The van der Waals surface area contributed by atoms with E-state index < -0.39 is 0 Å². The SMILES string of the molecule is Cn1cccc1C(=O)Nc1ccc(Cc2nc3ccccc3s2)cc1. The smallest absolute Gasteiger partial charge is 0.272 e. The number of anilines is 1. The summed E-state index contributed by atoms with van der Waals surface area (Å²) >= 11 is 1.72. The minimum atomic E-state index is -0.105. The van der Waals surface area contributed by atoms with Crippen LogP contribution in [0.5, 0.6) is 0 Å². The van der Waals surface area contributed by atoms with Crippen LogP contribution < -0.4 is 5.32 Å². The molecule has 124 valence electrons. The molecule has 4 nitrogen and oxygen atoms in total. The number of carbonyl (C=O) groups is 1. The van der Waals surface area contributed by atoms with Crippen molar-refractivity contribution in [2.75, 3.05) is 5.32 Å². The van der Waals surface area contributed by atoms with Crippen molar-refractivity contribution in [2.45, 2.75) is 6.42 Å². The Morgan fingerprint density at radius 1 is 1.08 bits per heavy atom. The number of aryl methyl sites for hydroxylation is 1. The summed E-state index contributed by atoms with van der Waals surface area (Å²) in [6.45, 7) is 0. The lowest BCUT2D eigenvalue weighted by Gasteiger charge is -2.07. The molecule has 1 N–H and O–H groups in total. The van der Waals surface area contributed by atoms with Gasteiger partial charge in [0.2, 0.25) is 0 Å². The molecular weight excluding hydrogens is 330 g/mol. The van der Waals surface area contributed by atoms with Gasteiger partial charge in [0.1, 0.15) is 5.69 Å². The fourth-order valence-corrected chi connectivity index (χ4v) is 3.77. The van der Waals surface area contributed by atoms with E-state index in [2.05, 4.69) is 16.4 Å². The fraction of sp³-hybridized carbons (Fsp3) is 0.100. The molecule has 0 aliphatic rings. The number of hydrogen-bond donors (Lipinski definition) is 1. The Hall–Kier alpha value is -2.92. The molecule has 0 atom stereocenters. The van der Waals surface area contributed by atoms with Gasteiger partial charge >= 0.3 is 0 Å². The van der Waals surface area contributed by atoms with Crippen LogP contribution >= 0.6 is 11.3 Å². The molecule has 5 heteroatoms. The molecule has 0 saturated heterocycles. The molecule has 0 spiro atoms. The van der Waals surface area contributed by atoms with Crippen LogP contribution in [0.2, 0.25) is 0 Å². The van der Waals surface area contributed by atoms with E-state index in [1.807, 2.05) is 61.8 Å². The fourth-order valence-electron chi connectivity index (χ4n) is 2.77. The summed E-state index contributed by atoms with van der Waals surface area (Å²) in [5.41, 5.74) is 3.66. The monoisotopic (exact) mass is 347 g/mol. The van der Waals surface area contributed by atoms with Crippen molar-refractivity contribution in [2.24, 2.45) is 7.05 Å². The van der Waals surface area contributed by atoms with Gasteiger partial charge in [-0.2, -0.15) is 0 Å². The maximum Gasteiger partial charge on any atom is 0.272 e. The van der Waals surface area contributed by atoms with E-state index in [0.29, 0.717) is 5.69 Å². The van der Waals surface area contributed by atoms with Gasteiger partial charge in [0.25, 0.3) is 5.91 Å². The van der Waals surface area contributed by atoms with Gasteiger partial charge in [-0.3, -0.25) is 4.79 Å². The quantitative estimate of drug-likeness (QED) is 0.592. The van der Waals surface area contributed by atoms with E-state index >= 15 is 0 Å². The minimum Gasteiger partial charge on any atom is -0.347 e. The zero-order valence-electron chi connectivity index (χ0n) is 13.8. The summed E-state index contributed by atoms with van der Waals surface area (Å²) in [4.78, 5) is 16.9. The Kier molecular flexibility index (Phi) is 4.07. The lowest BCUT2D eigenvalue weighted by molar-refractivity contribution is 0.101. The van der Waals surface area contributed by atoms with Crippen LogP contribution in [0, 0.1) is 0 Å². The minimum absolute atomic E-state index is 0.105. The molecule has 2 aromatic heterocycles. The van der Waals surface area contributed by atoms with Crippen molar-refractivity contribution in [3.05, 3.63) is 83.1 Å². The number of fused-ring (bicyclic) bond motifs is 1. The summed E-state index contributed by atoms with van der Waals surface area (Å²) in [6.07, 6.45) is 2.65. The first kappa shape index (κ1) is 15.6. The number of carbonyl (C=O) groups excluding carboxylic acids is 1. The second-order valence-corrected chi connectivity index (χ2v) is 7.02. The predicted molar refractivity (Wildman–Crippen MR) is 102 cm³/mol. The molecule has 4 rings (SSSR count). The highest BCUT2D eigenvalue weighted by Crippen LogP contribution is 2.24. The average Bonchev–Trinajstić information content (AvgIpc) is 3.22. The van der Waals surface area contributed by atoms with Crippen molar-refractivity contribution in [3.8, 4) is 0 Å². The molecule has 2 aromatic carbocycles. The summed E-state index contributed by atoms with van der Waals surface area (Å²) in [5, 5.41) is 4.02.